The third-order valence-electron chi connectivity index (χ3n) is 4.15. The third-order valence-corrected chi connectivity index (χ3v) is 4.15. The number of nitrogens with zero attached hydrogens (tertiary/aromatic N) is 1. The van der Waals surface area contributed by atoms with E-state index in [0.29, 0.717) is 0 Å². The van der Waals surface area contributed by atoms with E-state index in [9.17, 15) is 9.90 Å². The monoisotopic (exact) mass is 269 g/mol. The first-order valence-corrected chi connectivity index (χ1v) is 7.19. The second kappa shape index (κ2) is 4.89. The van der Waals surface area contributed by atoms with Gasteiger partial charge >= 0.3 is 5.97 Å². The fraction of sp³-hybridized carbons (Fsp3) is 0.412. The summed E-state index contributed by atoms with van der Waals surface area (Å²) in [6.45, 7) is 4.11. The molecule has 3 heteroatoms. The molecular formula is C17H19NO2. The number of carboxylic acids is 1. The average molecular weight is 269 g/mol. The molecule has 1 aliphatic carbocycles. The maximum Gasteiger partial charge on any atom is 0.307 e. The topological polar surface area (TPSA) is 50.2 Å². The summed E-state index contributed by atoms with van der Waals surface area (Å²) in [6.07, 6.45) is 4.34. The minimum absolute atomic E-state index is 0.101. The highest BCUT2D eigenvalue weighted by Gasteiger charge is 2.20. The Balaban J connectivity index is 2.36. The van der Waals surface area contributed by atoms with Gasteiger partial charge in [0.1, 0.15) is 0 Å². The Labute approximate surface area is 118 Å². The molecule has 3 nitrogen and oxygen atoms in total. The second-order valence-electron chi connectivity index (χ2n) is 5.77. The molecule has 0 bridgehead atoms. The number of benzene rings is 1. The normalized spacial score (nSPS) is 14.3. The Hall–Kier alpha value is -1.90. The summed E-state index contributed by atoms with van der Waals surface area (Å²) in [5.74, 6) is -0.760. The highest BCUT2D eigenvalue weighted by Crippen LogP contribution is 2.31. The molecule has 0 unspecified atom stereocenters. The van der Waals surface area contributed by atoms with Crippen LogP contribution in [-0.2, 0) is 24.1 Å². The summed E-state index contributed by atoms with van der Waals surface area (Å²) in [4.78, 5) is 16.1. The number of carbonyl (C=O) groups is 1. The van der Waals surface area contributed by atoms with Crippen LogP contribution in [0, 0.1) is 13.8 Å². The number of aliphatic carboxylic acids is 1. The molecule has 0 atom stereocenters. The maximum absolute atomic E-state index is 11.2. The smallest absolute Gasteiger partial charge is 0.307 e. The molecule has 0 saturated carbocycles. The minimum atomic E-state index is -0.760. The third kappa shape index (κ3) is 2.17. The van der Waals surface area contributed by atoms with Crippen LogP contribution < -0.4 is 0 Å². The molecule has 1 aromatic carbocycles. The second-order valence-corrected chi connectivity index (χ2v) is 5.77. The predicted molar refractivity (Wildman–Crippen MR) is 79.2 cm³/mol. The van der Waals surface area contributed by atoms with Crippen molar-refractivity contribution in [1.82, 2.24) is 4.98 Å². The van der Waals surface area contributed by atoms with E-state index in [0.717, 1.165) is 53.4 Å². The van der Waals surface area contributed by atoms with E-state index in [1.165, 1.54) is 11.1 Å². The fourth-order valence-corrected chi connectivity index (χ4v) is 3.33. The molecule has 104 valence electrons. The van der Waals surface area contributed by atoms with E-state index in [4.69, 9.17) is 4.98 Å². The van der Waals surface area contributed by atoms with Gasteiger partial charge in [0.2, 0.25) is 0 Å². The van der Waals surface area contributed by atoms with Gasteiger partial charge in [-0.15, -0.1) is 0 Å². The van der Waals surface area contributed by atoms with Crippen molar-refractivity contribution in [3.8, 4) is 0 Å². The Morgan fingerprint density at radius 3 is 2.75 bits per heavy atom. The minimum Gasteiger partial charge on any atom is -0.481 e. The molecule has 0 amide bonds. The Kier molecular flexibility index (Phi) is 3.20. The van der Waals surface area contributed by atoms with Crippen molar-refractivity contribution in [3.05, 3.63) is 40.1 Å². The first kappa shape index (κ1) is 13.1. The average Bonchev–Trinajstić information content (AvgIpc) is 2.39. The highest BCUT2D eigenvalue weighted by atomic mass is 16.4. The van der Waals surface area contributed by atoms with E-state index >= 15 is 0 Å². The van der Waals surface area contributed by atoms with Crippen LogP contribution >= 0.6 is 0 Å². The lowest BCUT2D eigenvalue weighted by atomic mass is 9.87. The number of carboxylic acid groups (broad SMARTS) is 1. The van der Waals surface area contributed by atoms with Crippen molar-refractivity contribution >= 4 is 16.9 Å². The van der Waals surface area contributed by atoms with Crippen LogP contribution in [-0.4, -0.2) is 16.1 Å². The number of hydrogen-bond acceptors (Lipinski definition) is 2. The van der Waals surface area contributed by atoms with Crippen LogP contribution in [0.3, 0.4) is 0 Å². The molecule has 1 N–H and O–H groups in total. The van der Waals surface area contributed by atoms with Crippen LogP contribution in [0.25, 0.3) is 10.9 Å². The van der Waals surface area contributed by atoms with Gasteiger partial charge < -0.3 is 5.11 Å². The maximum atomic E-state index is 11.2. The molecule has 0 saturated heterocycles. The van der Waals surface area contributed by atoms with Gasteiger partial charge in [-0.2, -0.15) is 0 Å². The Bertz CT molecular complexity index is 704. The zero-order valence-electron chi connectivity index (χ0n) is 12.0. The predicted octanol–water partition coefficient (Wildman–Crippen LogP) is 3.36. The van der Waals surface area contributed by atoms with Gasteiger partial charge in [0.05, 0.1) is 11.9 Å². The SMILES string of the molecule is Cc1cc(C)c2nc3c(c(CC(=O)O)c2c1)CCCC3. The molecule has 2 aromatic rings. The van der Waals surface area contributed by atoms with Crippen molar-refractivity contribution in [3.63, 3.8) is 0 Å². The van der Waals surface area contributed by atoms with Crippen molar-refractivity contribution < 1.29 is 9.90 Å². The number of pyridine rings is 1. The van der Waals surface area contributed by atoms with Crippen molar-refractivity contribution in [2.24, 2.45) is 0 Å². The lowest BCUT2D eigenvalue weighted by molar-refractivity contribution is -0.136. The number of hydrogen-bond donors (Lipinski definition) is 1. The molecule has 20 heavy (non-hydrogen) atoms. The number of aromatic nitrogens is 1. The molecule has 3 rings (SSSR count). The van der Waals surface area contributed by atoms with Gasteiger partial charge in [-0.05, 0) is 62.3 Å². The van der Waals surface area contributed by atoms with Crippen LogP contribution in [0.5, 0.6) is 0 Å². The van der Waals surface area contributed by atoms with Crippen LogP contribution in [0.4, 0.5) is 0 Å². The summed E-state index contributed by atoms with van der Waals surface area (Å²) in [6, 6.07) is 4.21. The van der Waals surface area contributed by atoms with E-state index in [1.54, 1.807) is 0 Å². The summed E-state index contributed by atoms with van der Waals surface area (Å²) in [5, 5.41) is 10.3. The molecule has 1 aromatic heterocycles. The first-order chi connectivity index (χ1) is 9.56. The van der Waals surface area contributed by atoms with Crippen LogP contribution in [0.1, 0.15) is 40.8 Å². The quantitative estimate of drug-likeness (QED) is 0.909. The highest BCUT2D eigenvalue weighted by molar-refractivity contribution is 5.90. The van der Waals surface area contributed by atoms with Gasteiger partial charge in [0.25, 0.3) is 0 Å². The number of rotatable bonds is 2. The fourth-order valence-electron chi connectivity index (χ4n) is 3.33. The van der Waals surface area contributed by atoms with E-state index in [-0.39, 0.29) is 6.42 Å². The molecule has 0 spiro atoms. The summed E-state index contributed by atoms with van der Waals surface area (Å²) in [7, 11) is 0. The molecule has 1 aliphatic rings. The van der Waals surface area contributed by atoms with Gasteiger partial charge in [-0.25, -0.2) is 0 Å². The Morgan fingerprint density at radius 1 is 1.25 bits per heavy atom. The summed E-state index contributed by atoms with van der Waals surface area (Å²) < 4.78 is 0. The zero-order valence-corrected chi connectivity index (χ0v) is 12.0. The van der Waals surface area contributed by atoms with Gasteiger partial charge in [-0.3, -0.25) is 9.78 Å². The van der Waals surface area contributed by atoms with Crippen molar-refractivity contribution in [1.29, 1.82) is 0 Å². The van der Waals surface area contributed by atoms with E-state index in [1.807, 2.05) is 0 Å². The van der Waals surface area contributed by atoms with Crippen LogP contribution in [0.15, 0.2) is 12.1 Å². The van der Waals surface area contributed by atoms with Gasteiger partial charge in [0, 0.05) is 11.1 Å². The lowest BCUT2D eigenvalue weighted by Crippen LogP contribution is -2.13. The molecule has 1 heterocycles. The Morgan fingerprint density at radius 2 is 2.00 bits per heavy atom. The van der Waals surface area contributed by atoms with Crippen molar-refractivity contribution in [2.75, 3.05) is 0 Å². The molecule has 0 radical (unpaired) electrons. The summed E-state index contributed by atoms with van der Waals surface area (Å²) >= 11 is 0. The summed E-state index contributed by atoms with van der Waals surface area (Å²) in [5.41, 5.74) is 6.58. The van der Waals surface area contributed by atoms with Gasteiger partial charge in [-0.1, -0.05) is 11.6 Å². The molecule has 0 aliphatic heterocycles. The number of fused-ring (bicyclic) bond motifs is 2. The van der Waals surface area contributed by atoms with Crippen molar-refractivity contribution in [2.45, 2.75) is 46.0 Å². The zero-order chi connectivity index (χ0) is 14.3. The van der Waals surface area contributed by atoms with Crippen LogP contribution in [0.2, 0.25) is 0 Å². The molecular weight excluding hydrogens is 250 g/mol. The molecule has 0 fully saturated rings. The van der Waals surface area contributed by atoms with E-state index in [2.05, 4.69) is 26.0 Å². The lowest BCUT2D eigenvalue weighted by Gasteiger charge is -2.21. The first-order valence-electron chi connectivity index (χ1n) is 7.19. The standard InChI is InChI=1S/C17H19NO2/c1-10-7-11(2)17-14(8-10)13(9-16(19)20)12-5-3-4-6-15(12)18-17/h7-8H,3-6,9H2,1-2H3,(H,19,20). The van der Waals surface area contributed by atoms with Gasteiger partial charge in [0.15, 0.2) is 0 Å². The largest absolute Gasteiger partial charge is 0.481 e. The van der Waals surface area contributed by atoms with E-state index < -0.39 is 5.97 Å². The number of aryl methyl sites for hydroxylation is 3.